The highest BCUT2D eigenvalue weighted by molar-refractivity contribution is 6.28. The predicted molar refractivity (Wildman–Crippen MR) is 45.5 cm³/mol. The molecular formula is C8H13ClO3. The average Bonchev–Trinajstić information content (AvgIpc) is 2.52. The number of rotatable bonds is 4. The standard InChI is InChI=1S/C8H13ClO3/c1-11-5-6-2-3-8(12-6)7(10)4-9/h6,8H,2-5H2,1H3/t6-,8+/m0/s1. The third kappa shape index (κ3) is 2.44. The second-order valence-corrected chi connectivity index (χ2v) is 3.15. The van der Waals surface area contributed by atoms with Gasteiger partial charge in [-0.2, -0.15) is 0 Å². The van der Waals surface area contributed by atoms with E-state index in [1.54, 1.807) is 7.11 Å². The fraction of sp³-hybridized carbons (Fsp3) is 0.875. The molecule has 0 aromatic heterocycles. The maximum absolute atomic E-state index is 11.1. The third-order valence-corrected chi connectivity index (χ3v) is 2.21. The topological polar surface area (TPSA) is 35.5 Å². The summed E-state index contributed by atoms with van der Waals surface area (Å²) in [4.78, 5) is 11.1. The molecule has 4 heteroatoms. The van der Waals surface area contributed by atoms with E-state index in [1.807, 2.05) is 0 Å². The Kier molecular flexibility index (Phi) is 3.98. The summed E-state index contributed by atoms with van der Waals surface area (Å²) in [7, 11) is 1.63. The first-order chi connectivity index (χ1) is 5.77. The van der Waals surface area contributed by atoms with E-state index in [-0.39, 0.29) is 23.9 Å². The Hall–Kier alpha value is -0.120. The summed E-state index contributed by atoms with van der Waals surface area (Å²) in [6.07, 6.45) is 1.45. The van der Waals surface area contributed by atoms with Crippen LogP contribution in [0.5, 0.6) is 0 Å². The minimum atomic E-state index is -0.289. The SMILES string of the molecule is COC[C@@H]1CC[C@H](C(=O)CCl)O1. The summed E-state index contributed by atoms with van der Waals surface area (Å²) in [5.41, 5.74) is 0. The normalized spacial score (nSPS) is 29.2. The molecule has 12 heavy (non-hydrogen) atoms. The van der Waals surface area contributed by atoms with Gasteiger partial charge in [0, 0.05) is 7.11 Å². The molecule has 0 N–H and O–H groups in total. The van der Waals surface area contributed by atoms with Gasteiger partial charge in [-0.3, -0.25) is 4.79 Å². The number of hydrogen-bond donors (Lipinski definition) is 0. The smallest absolute Gasteiger partial charge is 0.176 e. The Bertz CT molecular complexity index is 160. The van der Waals surface area contributed by atoms with Gasteiger partial charge in [-0.15, -0.1) is 11.6 Å². The highest BCUT2D eigenvalue weighted by Crippen LogP contribution is 2.20. The van der Waals surface area contributed by atoms with Crippen molar-refractivity contribution >= 4 is 17.4 Å². The van der Waals surface area contributed by atoms with Crippen LogP contribution in [0.25, 0.3) is 0 Å². The first kappa shape index (κ1) is 9.96. The molecule has 0 aliphatic carbocycles. The van der Waals surface area contributed by atoms with Crippen LogP contribution in [0.2, 0.25) is 0 Å². The molecule has 0 unspecified atom stereocenters. The van der Waals surface area contributed by atoms with E-state index < -0.39 is 0 Å². The van der Waals surface area contributed by atoms with Gasteiger partial charge in [0.2, 0.25) is 0 Å². The Morgan fingerprint density at radius 3 is 3.00 bits per heavy atom. The molecular weight excluding hydrogens is 180 g/mol. The van der Waals surface area contributed by atoms with Gasteiger partial charge in [-0.05, 0) is 12.8 Å². The van der Waals surface area contributed by atoms with Crippen LogP contribution in [-0.4, -0.2) is 37.6 Å². The van der Waals surface area contributed by atoms with Crippen LogP contribution in [0.15, 0.2) is 0 Å². The molecule has 1 heterocycles. The van der Waals surface area contributed by atoms with Crippen LogP contribution in [-0.2, 0) is 14.3 Å². The van der Waals surface area contributed by atoms with Crippen molar-refractivity contribution < 1.29 is 14.3 Å². The molecule has 70 valence electrons. The second kappa shape index (κ2) is 4.80. The van der Waals surface area contributed by atoms with Crippen molar-refractivity contribution in [2.45, 2.75) is 25.0 Å². The highest BCUT2D eigenvalue weighted by atomic mass is 35.5. The molecule has 0 amide bonds. The first-order valence-corrected chi connectivity index (χ1v) is 4.54. The van der Waals surface area contributed by atoms with Gasteiger partial charge in [-0.25, -0.2) is 0 Å². The van der Waals surface area contributed by atoms with Crippen LogP contribution < -0.4 is 0 Å². The molecule has 0 aromatic rings. The molecule has 0 bridgehead atoms. The molecule has 1 fully saturated rings. The Morgan fingerprint density at radius 1 is 1.67 bits per heavy atom. The number of carbonyl (C=O) groups is 1. The number of Topliss-reactive ketones (excluding diaryl/α,β-unsaturated/α-hetero) is 1. The highest BCUT2D eigenvalue weighted by Gasteiger charge is 2.29. The van der Waals surface area contributed by atoms with Crippen molar-refractivity contribution in [2.24, 2.45) is 0 Å². The molecule has 1 aliphatic rings. The van der Waals surface area contributed by atoms with Gasteiger partial charge in [0.15, 0.2) is 5.78 Å². The molecule has 1 aliphatic heterocycles. The molecule has 2 atom stereocenters. The minimum Gasteiger partial charge on any atom is -0.382 e. The number of alkyl halides is 1. The van der Waals surface area contributed by atoms with Crippen molar-refractivity contribution in [2.75, 3.05) is 19.6 Å². The van der Waals surface area contributed by atoms with E-state index in [2.05, 4.69) is 0 Å². The summed E-state index contributed by atoms with van der Waals surface area (Å²) in [6.45, 7) is 0.562. The van der Waals surface area contributed by atoms with Crippen LogP contribution in [0, 0.1) is 0 Å². The number of halogens is 1. The predicted octanol–water partition coefficient (Wildman–Crippen LogP) is 0.988. The third-order valence-electron chi connectivity index (χ3n) is 1.95. The van der Waals surface area contributed by atoms with Crippen molar-refractivity contribution in [3.05, 3.63) is 0 Å². The zero-order chi connectivity index (χ0) is 8.97. The van der Waals surface area contributed by atoms with Gasteiger partial charge in [0.25, 0.3) is 0 Å². The molecule has 1 saturated heterocycles. The lowest BCUT2D eigenvalue weighted by Crippen LogP contribution is -2.23. The van der Waals surface area contributed by atoms with Crippen LogP contribution in [0.3, 0.4) is 0 Å². The van der Waals surface area contributed by atoms with Gasteiger partial charge < -0.3 is 9.47 Å². The largest absolute Gasteiger partial charge is 0.382 e. The number of hydrogen-bond acceptors (Lipinski definition) is 3. The number of ketones is 1. The quantitative estimate of drug-likeness (QED) is 0.624. The van der Waals surface area contributed by atoms with Gasteiger partial charge >= 0.3 is 0 Å². The van der Waals surface area contributed by atoms with Gasteiger partial charge in [-0.1, -0.05) is 0 Å². The zero-order valence-corrected chi connectivity index (χ0v) is 7.84. The number of ether oxygens (including phenoxy) is 2. The van der Waals surface area contributed by atoms with Crippen LogP contribution in [0.1, 0.15) is 12.8 Å². The lowest BCUT2D eigenvalue weighted by molar-refractivity contribution is -0.128. The molecule has 0 radical (unpaired) electrons. The molecule has 0 aromatic carbocycles. The van der Waals surface area contributed by atoms with Crippen molar-refractivity contribution in [1.29, 1.82) is 0 Å². The zero-order valence-electron chi connectivity index (χ0n) is 7.09. The summed E-state index contributed by atoms with van der Waals surface area (Å²) in [6, 6.07) is 0. The van der Waals surface area contributed by atoms with Crippen molar-refractivity contribution in [3.8, 4) is 0 Å². The lowest BCUT2D eigenvalue weighted by Gasteiger charge is -2.10. The van der Waals surface area contributed by atoms with Crippen LogP contribution >= 0.6 is 11.6 Å². The number of carbonyl (C=O) groups excluding carboxylic acids is 1. The fourth-order valence-electron chi connectivity index (χ4n) is 1.34. The maximum Gasteiger partial charge on any atom is 0.176 e. The maximum atomic E-state index is 11.1. The van der Waals surface area contributed by atoms with E-state index in [0.29, 0.717) is 6.61 Å². The van der Waals surface area contributed by atoms with E-state index in [9.17, 15) is 4.79 Å². The van der Waals surface area contributed by atoms with E-state index in [1.165, 1.54) is 0 Å². The minimum absolute atomic E-state index is 0.0183. The molecule has 3 nitrogen and oxygen atoms in total. The van der Waals surface area contributed by atoms with E-state index >= 15 is 0 Å². The lowest BCUT2D eigenvalue weighted by atomic mass is 10.1. The van der Waals surface area contributed by atoms with Crippen molar-refractivity contribution in [1.82, 2.24) is 0 Å². The van der Waals surface area contributed by atoms with Gasteiger partial charge in [0.05, 0.1) is 18.6 Å². The Morgan fingerprint density at radius 2 is 2.42 bits per heavy atom. The molecule has 0 spiro atoms. The van der Waals surface area contributed by atoms with Crippen LogP contribution in [0.4, 0.5) is 0 Å². The van der Waals surface area contributed by atoms with E-state index in [4.69, 9.17) is 21.1 Å². The Labute approximate surface area is 77.0 Å². The summed E-state index contributed by atoms with van der Waals surface area (Å²) in [5.74, 6) is 0.0277. The number of methoxy groups -OCH3 is 1. The summed E-state index contributed by atoms with van der Waals surface area (Å²) >= 11 is 5.40. The van der Waals surface area contributed by atoms with Gasteiger partial charge in [0.1, 0.15) is 6.10 Å². The summed E-state index contributed by atoms with van der Waals surface area (Å²) < 4.78 is 10.3. The van der Waals surface area contributed by atoms with Crippen molar-refractivity contribution in [3.63, 3.8) is 0 Å². The monoisotopic (exact) mass is 192 g/mol. The second-order valence-electron chi connectivity index (χ2n) is 2.88. The summed E-state index contributed by atoms with van der Waals surface area (Å²) in [5, 5.41) is 0. The first-order valence-electron chi connectivity index (χ1n) is 4.01. The molecule has 1 rings (SSSR count). The average molecular weight is 193 g/mol. The fourth-order valence-corrected chi connectivity index (χ4v) is 1.51. The van der Waals surface area contributed by atoms with E-state index in [0.717, 1.165) is 12.8 Å². The molecule has 0 saturated carbocycles. The Balaban J connectivity index is 2.30.